The van der Waals surface area contributed by atoms with Crippen molar-refractivity contribution >= 4 is 17.3 Å². The smallest absolute Gasteiger partial charge is 0.228 e. The summed E-state index contributed by atoms with van der Waals surface area (Å²) < 4.78 is 5.41. The van der Waals surface area contributed by atoms with Crippen molar-refractivity contribution < 1.29 is 9.53 Å². The van der Waals surface area contributed by atoms with Crippen molar-refractivity contribution in [2.24, 2.45) is 0 Å². The minimum Gasteiger partial charge on any atom is -0.494 e. The Hall–Kier alpha value is -2.49. The van der Waals surface area contributed by atoms with Crippen molar-refractivity contribution in [3.8, 4) is 5.75 Å². The molecule has 0 aliphatic carbocycles. The maximum absolute atomic E-state index is 12.2. The van der Waals surface area contributed by atoms with E-state index >= 15 is 0 Å². The number of anilines is 2. The second kappa shape index (κ2) is 8.96. The molecule has 0 aromatic heterocycles. The first kappa shape index (κ1) is 17.9. The van der Waals surface area contributed by atoms with Crippen molar-refractivity contribution in [2.75, 3.05) is 29.9 Å². The highest BCUT2D eigenvalue weighted by Gasteiger charge is 2.06. The third-order valence-electron chi connectivity index (χ3n) is 3.88. The predicted octanol–water partition coefficient (Wildman–Crippen LogP) is 4.11. The van der Waals surface area contributed by atoms with Gasteiger partial charge in [-0.25, -0.2) is 0 Å². The molecule has 0 bridgehead atoms. The van der Waals surface area contributed by atoms with Gasteiger partial charge >= 0.3 is 0 Å². The summed E-state index contributed by atoms with van der Waals surface area (Å²) in [5, 5.41) is 2.94. The Morgan fingerprint density at radius 3 is 2.12 bits per heavy atom. The van der Waals surface area contributed by atoms with Crippen molar-refractivity contribution in [1.82, 2.24) is 0 Å². The molecule has 0 unspecified atom stereocenters. The first-order valence-corrected chi connectivity index (χ1v) is 8.52. The van der Waals surface area contributed by atoms with Crippen LogP contribution < -0.4 is 15.0 Å². The number of rotatable bonds is 8. The summed E-state index contributed by atoms with van der Waals surface area (Å²) in [7, 11) is 0. The third kappa shape index (κ3) is 5.01. The Kier molecular flexibility index (Phi) is 6.67. The second-order valence-electron chi connectivity index (χ2n) is 5.52. The Bertz CT molecular complexity index is 632. The third-order valence-corrected chi connectivity index (χ3v) is 3.88. The van der Waals surface area contributed by atoms with Gasteiger partial charge in [-0.05, 0) is 62.7 Å². The van der Waals surface area contributed by atoms with Crippen LogP contribution in [0.3, 0.4) is 0 Å². The first-order valence-electron chi connectivity index (χ1n) is 8.52. The zero-order chi connectivity index (χ0) is 17.4. The van der Waals surface area contributed by atoms with Gasteiger partial charge in [0.25, 0.3) is 0 Å². The standard InChI is InChI=1S/C20H26N2O2/c1-4-22(5-2)18-11-9-17(10-12-18)21-20(23)15-16-7-13-19(14-8-16)24-6-3/h7-14H,4-6,15H2,1-3H3,(H,21,23). The molecule has 0 spiro atoms. The van der Waals surface area contributed by atoms with Crippen LogP contribution >= 0.6 is 0 Å². The van der Waals surface area contributed by atoms with Crippen LogP contribution in [-0.4, -0.2) is 25.6 Å². The van der Waals surface area contributed by atoms with Gasteiger partial charge < -0.3 is 15.0 Å². The molecule has 0 aliphatic rings. The van der Waals surface area contributed by atoms with Crippen LogP contribution in [0.5, 0.6) is 5.75 Å². The monoisotopic (exact) mass is 326 g/mol. The normalized spacial score (nSPS) is 10.3. The first-order chi connectivity index (χ1) is 11.7. The van der Waals surface area contributed by atoms with Crippen LogP contribution in [0.2, 0.25) is 0 Å². The lowest BCUT2D eigenvalue weighted by atomic mass is 10.1. The molecular weight excluding hydrogens is 300 g/mol. The Balaban J connectivity index is 1.92. The minimum atomic E-state index is -0.0188. The summed E-state index contributed by atoms with van der Waals surface area (Å²) in [6.07, 6.45) is 0.351. The SMILES string of the molecule is CCOc1ccc(CC(=O)Nc2ccc(N(CC)CC)cc2)cc1. The molecule has 24 heavy (non-hydrogen) atoms. The summed E-state index contributed by atoms with van der Waals surface area (Å²) >= 11 is 0. The number of nitrogens with one attached hydrogen (secondary N) is 1. The lowest BCUT2D eigenvalue weighted by Gasteiger charge is -2.21. The maximum atomic E-state index is 12.2. The predicted molar refractivity (Wildman–Crippen MR) is 99.9 cm³/mol. The zero-order valence-corrected chi connectivity index (χ0v) is 14.7. The van der Waals surface area contributed by atoms with Gasteiger partial charge in [0.15, 0.2) is 0 Å². The van der Waals surface area contributed by atoms with Gasteiger partial charge in [0.05, 0.1) is 13.0 Å². The molecule has 2 rings (SSSR count). The summed E-state index contributed by atoms with van der Waals surface area (Å²) in [5.74, 6) is 0.809. The van der Waals surface area contributed by atoms with Crippen molar-refractivity contribution in [3.63, 3.8) is 0 Å². The van der Waals surface area contributed by atoms with E-state index in [1.165, 1.54) is 5.69 Å². The van der Waals surface area contributed by atoms with E-state index in [0.29, 0.717) is 13.0 Å². The number of carbonyl (C=O) groups excluding carboxylic acids is 1. The number of hydrogen-bond acceptors (Lipinski definition) is 3. The topological polar surface area (TPSA) is 41.6 Å². The summed E-state index contributed by atoms with van der Waals surface area (Å²) in [6, 6.07) is 15.6. The Labute approximate surface area is 144 Å². The molecule has 1 amide bonds. The van der Waals surface area contributed by atoms with Crippen molar-refractivity contribution in [3.05, 3.63) is 54.1 Å². The molecule has 2 aromatic carbocycles. The number of nitrogens with zero attached hydrogens (tertiary/aromatic N) is 1. The van der Waals surface area contributed by atoms with Gasteiger partial charge in [0.2, 0.25) is 5.91 Å². The van der Waals surface area contributed by atoms with Gasteiger partial charge in [-0.2, -0.15) is 0 Å². The van der Waals surface area contributed by atoms with E-state index in [4.69, 9.17) is 4.74 Å². The fraction of sp³-hybridized carbons (Fsp3) is 0.350. The van der Waals surface area contributed by atoms with Crippen LogP contribution in [-0.2, 0) is 11.2 Å². The van der Waals surface area contributed by atoms with Gasteiger partial charge in [-0.3, -0.25) is 4.79 Å². The van der Waals surface area contributed by atoms with E-state index in [9.17, 15) is 4.79 Å². The van der Waals surface area contributed by atoms with Crippen LogP contribution in [0.15, 0.2) is 48.5 Å². The number of hydrogen-bond donors (Lipinski definition) is 1. The van der Waals surface area contributed by atoms with Gasteiger partial charge in [0, 0.05) is 24.5 Å². The molecule has 0 aliphatic heterocycles. The average Bonchev–Trinajstić information content (AvgIpc) is 2.59. The minimum absolute atomic E-state index is 0.0188. The molecule has 0 saturated carbocycles. The largest absolute Gasteiger partial charge is 0.494 e. The Morgan fingerprint density at radius 1 is 0.958 bits per heavy atom. The van der Waals surface area contributed by atoms with E-state index in [1.807, 2.05) is 55.5 Å². The molecule has 0 heterocycles. The fourth-order valence-corrected chi connectivity index (χ4v) is 2.61. The average molecular weight is 326 g/mol. The summed E-state index contributed by atoms with van der Waals surface area (Å²) in [6.45, 7) is 8.81. The van der Waals surface area contributed by atoms with Gasteiger partial charge in [-0.15, -0.1) is 0 Å². The molecule has 1 N–H and O–H groups in total. The molecule has 0 radical (unpaired) electrons. The van der Waals surface area contributed by atoms with E-state index in [-0.39, 0.29) is 5.91 Å². The number of benzene rings is 2. The maximum Gasteiger partial charge on any atom is 0.228 e. The molecule has 4 heteroatoms. The van der Waals surface area contributed by atoms with Crippen LogP contribution in [0.25, 0.3) is 0 Å². The van der Waals surface area contributed by atoms with Crippen LogP contribution in [0.1, 0.15) is 26.3 Å². The lowest BCUT2D eigenvalue weighted by Crippen LogP contribution is -2.21. The Morgan fingerprint density at radius 2 is 1.58 bits per heavy atom. The lowest BCUT2D eigenvalue weighted by molar-refractivity contribution is -0.115. The summed E-state index contributed by atoms with van der Waals surface area (Å²) in [5.41, 5.74) is 2.96. The molecule has 4 nitrogen and oxygen atoms in total. The van der Waals surface area contributed by atoms with Crippen LogP contribution in [0, 0.1) is 0 Å². The van der Waals surface area contributed by atoms with E-state index in [1.54, 1.807) is 0 Å². The van der Waals surface area contributed by atoms with E-state index < -0.39 is 0 Å². The summed E-state index contributed by atoms with van der Waals surface area (Å²) in [4.78, 5) is 14.4. The highest BCUT2D eigenvalue weighted by molar-refractivity contribution is 5.92. The highest BCUT2D eigenvalue weighted by atomic mass is 16.5. The molecule has 0 saturated heterocycles. The highest BCUT2D eigenvalue weighted by Crippen LogP contribution is 2.18. The molecule has 2 aromatic rings. The van der Waals surface area contributed by atoms with Crippen molar-refractivity contribution in [1.29, 1.82) is 0 Å². The fourth-order valence-electron chi connectivity index (χ4n) is 2.61. The van der Waals surface area contributed by atoms with E-state index in [0.717, 1.165) is 30.1 Å². The number of carbonyl (C=O) groups is 1. The van der Waals surface area contributed by atoms with Crippen LogP contribution in [0.4, 0.5) is 11.4 Å². The molecule has 0 fully saturated rings. The van der Waals surface area contributed by atoms with Gasteiger partial charge in [-0.1, -0.05) is 12.1 Å². The number of ether oxygens (including phenoxy) is 1. The molecular formula is C20H26N2O2. The van der Waals surface area contributed by atoms with Crippen molar-refractivity contribution in [2.45, 2.75) is 27.2 Å². The quantitative estimate of drug-likeness (QED) is 0.793. The molecule has 0 atom stereocenters. The number of amides is 1. The van der Waals surface area contributed by atoms with Gasteiger partial charge in [0.1, 0.15) is 5.75 Å². The second-order valence-corrected chi connectivity index (χ2v) is 5.52. The molecule has 128 valence electrons. The van der Waals surface area contributed by atoms with E-state index in [2.05, 4.69) is 24.1 Å². The zero-order valence-electron chi connectivity index (χ0n) is 14.7.